The van der Waals surface area contributed by atoms with Crippen LogP contribution in [0.3, 0.4) is 0 Å². The summed E-state index contributed by atoms with van der Waals surface area (Å²) in [6.07, 6.45) is 30.7. The zero-order valence-electron chi connectivity index (χ0n) is 32.6. The Hall–Kier alpha value is -1.33. The van der Waals surface area contributed by atoms with Crippen molar-refractivity contribution in [1.29, 1.82) is 0 Å². The zero-order valence-corrected chi connectivity index (χ0v) is 32.6. The lowest BCUT2D eigenvalue weighted by atomic mass is 9.99. The SMILES string of the molecule is CCCCCCCCCC/C=C/CC/C=C/C(O)C(COC1OC(CO)C(O)C(O)C1O)NC(=O)CCCCCCCCCCCCCCCC. The number of carbonyl (C=O) groups is 1. The van der Waals surface area contributed by atoms with Gasteiger partial charge in [-0.15, -0.1) is 0 Å². The van der Waals surface area contributed by atoms with E-state index in [4.69, 9.17) is 9.47 Å². The standard InChI is InChI=1S/C42H79NO8/c1-3-5-7-9-11-13-15-17-19-21-23-25-27-29-31-36(45)35(34-50-42-41(49)40(48)39(47)37(33-44)51-42)43-38(46)32-30-28-26-24-22-20-18-16-14-12-10-8-6-4-2/h21,23,29,31,35-37,39-42,44-45,47-49H,3-20,22,24-28,30,32-34H2,1-2H3,(H,43,46)/b23-21+,31-29+. The number of rotatable bonds is 34. The van der Waals surface area contributed by atoms with Crippen molar-refractivity contribution in [3.05, 3.63) is 24.3 Å². The molecular formula is C42H79NO8. The van der Waals surface area contributed by atoms with E-state index in [0.29, 0.717) is 6.42 Å². The van der Waals surface area contributed by atoms with Gasteiger partial charge < -0.3 is 40.3 Å². The highest BCUT2D eigenvalue weighted by atomic mass is 16.7. The van der Waals surface area contributed by atoms with E-state index < -0.39 is 49.5 Å². The zero-order chi connectivity index (χ0) is 37.4. The Morgan fingerprint density at radius 3 is 1.65 bits per heavy atom. The number of carbonyl (C=O) groups excluding carboxylic acids is 1. The maximum atomic E-state index is 12.9. The maximum Gasteiger partial charge on any atom is 0.220 e. The molecule has 1 fully saturated rings. The largest absolute Gasteiger partial charge is 0.394 e. The van der Waals surface area contributed by atoms with Crippen LogP contribution in [-0.4, -0.2) is 87.5 Å². The average molecular weight is 726 g/mol. The number of aliphatic hydroxyl groups excluding tert-OH is 5. The van der Waals surface area contributed by atoms with Crippen LogP contribution in [0.15, 0.2) is 24.3 Å². The molecule has 1 saturated heterocycles. The number of hydrogen-bond donors (Lipinski definition) is 6. The van der Waals surface area contributed by atoms with Gasteiger partial charge in [-0.05, 0) is 32.1 Å². The van der Waals surface area contributed by atoms with Gasteiger partial charge in [0.25, 0.3) is 0 Å². The van der Waals surface area contributed by atoms with Crippen molar-refractivity contribution in [3.63, 3.8) is 0 Å². The molecule has 1 heterocycles. The monoisotopic (exact) mass is 726 g/mol. The van der Waals surface area contributed by atoms with Crippen LogP contribution in [0.4, 0.5) is 0 Å². The molecule has 1 amide bonds. The molecule has 1 rings (SSSR count). The third-order valence-electron chi connectivity index (χ3n) is 10.0. The van der Waals surface area contributed by atoms with Gasteiger partial charge in [-0.3, -0.25) is 4.79 Å². The molecule has 6 N–H and O–H groups in total. The second-order valence-electron chi connectivity index (χ2n) is 14.8. The van der Waals surface area contributed by atoms with Crippen molar-refractivity contribution in [2.24, 2.45) is 0 Å². The fourth-order valence-electron chi connectivity index (χ4n) is 6.58. The summed E-state index contributed by atoms with van der Waals surface area (Å²) in [5.41, 5.74) is 0. The van der Waals surface area contributed by atoms with E-state index in [9.17, 15) is 30.3 Å². The van der Waals surface area contributed by atoms with Crippen LogP contribution in [0.5, 0.6) is 0 Å². The van der Waals surface area contributed by atoms with Gasteiger partial charge in [0.2, 0.25) is 5.91 Å². The van der Waals surface area contributed by atoms with Gasteiger partial charge in [0.15, 0.2) is 6.29 Å². The van der Waals surface area contributed by atoms with E-state index in [0.717, 1.165) is 38.5 Å². The molecule has 0 radical (unpaired) electrons. The van der Waals surface area contributed by atoms with Gasteiger partial charge in [0.05, 0.1) is 25.4 Å². The molecule has 9 nitrogen and oxygen atoms in total. The minimum Gasteiger partial charge on any atom is -0.394 e. The molecule has 7 atom stereocenters. The van der Waals surface area contributed by atoms with Crippen molar-refractivity contribution >= 4 is 5.91 Å². The van der Waals surface area contributed by atoms with Crippen LogP contribution >= 0.6 is 0 Å². The van der Waals surface area contributed by atoms with Crippen molar-refractivity contribution < 1.29 is 39.8 Å². The number of allylic oxidation sites excluding steroid dienone is 3. The molecule has 0 aliphatic carbocycles. The van der Waals surface area contributed by atoms with Crippen LogP contribution in [0.1, 0.15) is 181 Å². The van der Waals surface area contributed by atoms with E-state index >= 15 is 0 Å². The Morgan fingerprint density at radius 1 is 0.647 bits per heavy atom. The normalized spacial score (nSPS) is 22.2. The number of aliphatic hydroxyl groups is 5. The average Bonchev–Trinajstić information content (AvgIpc) is 3.13. The van der Waals surface area contributed by atoms with Crippen molar-refractivity contribution in [2.45, 2.75) is 224 Å². The first-order chi connectivity index (χ1) is 24.8. The van der Waals surface area contributed by atoms with Crippen LogP contribution in [0, 0.1) is 0 Å². The van der Waals surface area contributed by atoms with Gasteiger partial charge in [-0.25, -0.2) is 0 Å². The van der Waals surface area contributed by atoms with Crippen LogP contribution in [0.25, 0.3) is 0 Å². The van der Waals surface area contributed by atoms with E-state index in [1.165, 1.54) is 122 Å². The van der Waals surface area contributed by atoms with Crippen LogP contribution in [0.2, 0.25) is 0 Å². The van der Waals surface area contributed by atoms with E-state index in [2.05, 4.69) is 31.3 Å². The smallest absolute Gasteiger partial charge is 0.220 e. The Morgan fingerprint density at radius 2 is 1.12 bits per heavy atom. The van der Waals surface area contributed by atoms with Crippen molar-refractivity contribution in [1.82, 2.24) is 5.32 Å². The number of ether oxygens (including phenoxy) is 2. The Balaban J connectivity index is 2.43. The van der Waals surface area contributed by atoms with Gasteiger partial charge in [0.1, 0.15) is 24.4 Å². The molecule has 0 aromatic rings. The van der Waals surface area contributed by atoms with Gasteiger partial charge >= 0.3 is 0 Å². The first kappa shape index (κ1) is 47.7. The third kappa shape index (κ3) is 24.6. The highest BCUT2D eigenvalue weighted by molar-refractivity contribution is 5.76. The molecule has 7 unspecified atom stereocenters. The van der Waals surface area contributed by atoms with Gasteiger partial charge in [-0.2, -0.15) is 0 Å². The lowest BCUT2D eigenvalue weighted by Crippen LogP contribution is -2.60. The predicted molar refractivity (Wildman–Crippen MR) is 207 cm³/mol. The molecule has 300 valence electrons. The Labute approximate surface area is 311 Å². The van der Waals surface area contributed by atoms with E-state index in [-0.39, 0.29) is 12.5 Å². The summed E-state index contributed by atoms with van der Waals surface area (Å²) in [6.45, 7) is 3.74. The summed E-state index contributed by atoms with van der Waals surface area (Å²) in [7, 11) is 0. The summed E-state index contributed by atoms with van der Waals surface area (Å²) < 4.78 is 11.2. The van der Waals surface area contributed by atoms with E-state index in [1.807, 2.05) is 6.08 Å². The molecule has 0 bridgehead atoms. The number of unbranched alkanes of at least 4 members (excludes halogenated alkanes) is 22. The van der Waals surface area contributed by atoms with Crippen molar-refractivity contribution in [2.75, 3.05) is 13.2 Å². The number of amides is 1. The lowest BCUT2D eigenvalue weighted by Gasteiger charge is -2.40. The number of hydrogen-bond acceptors (Lipinski definition) is 8. The second-order valence-corrected chi connectivity index (χ2v) is 14.8. The summed E-state index contributed by atoms with van der Waals surface area (Å²) >= 11 is 0. The highest BCUT2D eigenvalue weighted by Crippen LogP contribution is 2.22. The Kier molecular flexibility index (Phi) is 31.1. The molecule has 51 heavy (non-hydrogen) atoms. The molecular weight excluding hydrogens is 646 g/mol. The second kappa shape index (κ2) is 33.3. The van der Waals surface area contributed by atoms with Gasteiger partial charge in [0, 0.05) is 6.42 Å². The molecule has 1 aliphatic rings. The van der Waals surface area contributed by atoms with Crippen LogP contribution in [-0.2, 0) is 14.3 Å². The predicted octanol–water partition coefficient (Wildman–Crippen LogP) is 7.94. The maximum absolute atomic E-state index is 12.9. The third-order valence-corrected chi connectivity index (χ3v) is 10.0. The highest BCUT2D eigenvalue weighted by Gasteiger charge is 2.44. The minimum atomic E-state index is -1.57. The fraction of sp³-hybridized carbons (Fsp3) is 0.881. The summed E-state index contributed by atoms with van der Waals surface area (Å²) in [4.78, 5) is 12.9. The molecule has 1 aliphatic heterocycles. The summed E-state index contributed by atoms with van der Waals surface area (Å²) in [5.74, 6) is -0.187. The fourth-order valence-corrected chi connectivity index (χ4v) is 6.58. The molecule has 9 heteroatoms. The minimum absolute atomic E-state index is 0.187. The molecule has 0 spiro atoms. The van der Waals surface area contributed by atoms with Gasteiger partial charge in [-0.1, -0.05) is 167 Å². The van der Waals surface area contributed by atoms with E-state index in [1.54, 1.807) is 6.08 Å². The molecule has 0 saturated carbocycles. The van der Waals surface area contributed by atoms with Crippen LogP contribution < -0.4 is 5.32 Å². The first-order valence-corrected chi connectivity index (χ1v) is 21.1. The summed E-state index contributed by atoms with van der Waals surface area (Å²) in [5, 5.41) is 54.0. The topological polar surface area (TPSA) is 149 Å². The molecule has 0 aromatic carbocycles. The number of nitrogens with one attached hydrogen (secondary N) is 1. The van der Waals surface area contributed by atoms with Crippen molar-refractivity contribution in [3.8, 4) is 0 Å². The first-order valence-electron chi connectivity index (χ1n) is 21.1. The quantitative estimate of drug-likeness (QED) is 0.0289. The Bertz CT molecular complexity index is 853. The lowest BCUT2D eigenvalue weighted by molar-refractivity contribution is -0.302. The summed E-state index contributed by atoms with van der Waals surface area (Å²) in [6, 6.07) is -0.815. The molecule has 0 aromatic heterocycles.